The zero-order chi connectivity index (χ0) is 17.6. The van der Waals surface area contributed by atoms with Crippen LogP contribution in [0.1, 0.15) is 10.4 Å². The summed E-state index contributed by atoms with van der Waals surface area (Å²) in [4.78, 5) is 18.3. The van der Waals surface area contributed by atoms with Gasteiger partial charge in [0, 0.05) is 12.7 Å². The number of pyridine rings is 1. The van der Waals surface area contributed by atoms with Crippen LogP contribution in [-0.2, 0) is 4.74 Å². The Morgan fingerprint density at radius 1 is 1.32 bits per heavy atom. The number of carbonyl (C=O) groups is 1. The Morgan fingerprint density at radius 3 is 2.88 bits per heavy atom. The summed E-state index contributed by atoms with van der Waals surface area (Å²) in [5.74, 6) is 1.16. The number of benzene rings is 1. The second-order valence-corrected chi connectivity index (χ2v) is 5.91. The number of rotatable bonds is 5. The van der Waals surface area contributed by atoms with Crippen molar-refractivity contribution in [3.05, 3.63) is 53.3 Å². The molecule has 6 nitrogen and oxygen atoms in total. The normalized spacial score (nSPS) is 17.2. The Bertz CT molecular complexity index is 741. The molecule has 2 aromatic rings. The second-order valence-electron chi connectivity index (χ2n) is 5.55. The average molecular weight is 363 g/mol. The van der Waals surface area contributed by atoms with Crippen LogP contribution in [0.15, 0.2) is 42.6 Å². The highest BCUT2D eigenvalue weighted by molar-refractivity contribution is 6.32. The van der Waals surface area contributed by atoms with E-state index < -0.39 is 0 Å². The minimum absolute atomic E-state index is 0.149. The summed E-state index contributed by atoms with van der Waals surface area (Å²) in [5.41, 5.74) is 0.399. The highest BCUT2D eigenvalue weighted by Crippen LogP contribution is 2.26. The molecular formula is C18H19ClN2O4. The molecule has 1 aromatic carbocycles. The van der Waals surface area contributed by atoms with Gasteiger partial charge in [0.1, 0.15) is 17.9 Å². The van der Waals surface area contributed by atoms with E-state index in [1.807, 2.05) is 24.3 Å². The van der Waals surface area contributed by atoms with Crippen molar-refractivity contribution in [3.8, 4) is 11.5 Å². The van der Waals surface area contributed by atoms with Crippen molar-refractivity contribution in [2.75, 3.05) is 33.4 Å². The lowest BCUT2D eigenvalue weighted by atomic mass is 10.2. The number of morpholine rings is 1. The van der Waals surface area contributed by atoms with E-state index >= 15 is 0 Å². The monoisotopic (exact) mass is 362 g/mol. The summed E-state index contributed by atoms with van der Waals surface area (Å²) in [6.07, 6.45) is 1.33. The number of para-hydroxylation sites is 2. The first-order valence-electron chi connectivity index (χ1n) is 7.96. The van der Waals surface area contributed by atoms with E-state index in [-0.39, 0.29) is 17.2 Å². The van der Waals surface area contributed by atoms with Crippen LogP contribution in [0.5, 0.6) is 11.5 Å². The van der Waals surface area contributed by atoms with E-state index in [0.717, 1.165) is 0 Å². The van der Waals surface area contributed by atoms with E-state index in [9.17, 15) is 4.79 Å². The van der Waals surface area contributed by atoms with Gasteiger partial charge >= 0.3 is 0 Å². The lowest BCUT2D eigenvalue weighted by Crippen LogP contribution is -2.47. The molecule has 0 spiro atoms. The average Bonchev–Trinajstić information content (AvgIpc) is 2.66. The number of halogens is 1. The molecule has 1 fully saturated rings. The Morgan fingerprint density at radius 2 is 2.12 bits per heavy atom. The van der Waals surface area contributed by atoms with Gasteiger partial charge in [0.2, 0.25) is 0 Å². The number of ether oxygens (including phenoxy) is 3. The fraction of sp³-hybridized carbons (Fsp3) is 0.333. The molecule has 25 heavy (non-hydrogen) atoms. The number of amides is 1. The van der Waals surface area contributed by atoms with E-state index in [0.29, 0.717) is 43.4 Å². The molecule has 1 amide bonds. The molecule has 1 aliphatic rings. The number of aromatic nitrogens is 1. The maximum atomic E-state index is 12.6. The van der Waals surface area contributed by atoms with Crippen molar-refractivity contribution in [3.63, 3.8) is 0 Å². The van der Waals surface area contributed by atoms with Crippen LogP contribution in [0.2, 0.25) is 5.15 Å². The van der Waals surface area contributed by atoms with Gasteiger partial charge in [0.25, 0.3) is 5.91 Å². The van der Waals surface area contributed by atoms with E-state index in [1.165, 1.54) is 0 Å². The van der Waals surface area contributed by atoms with Crippen LogP contribution in [0.3, 0.4) is 0 Å². The molecule has 3 rings (SSSR count). The van der Waals surface area contributed by atoms with Gasteiger partial charge in [-0.25, -0.2) is 4.98 Å². The minimum atomic E-state index is -0.224. The Balaban J connectivity index is 1.61. The lowest BCUT2D eigenvalue weighted by Gasteiger charge is -2.33. The van der Waals surface area contributed by atoms with Crippen molar-refractivity contribution >= 4 is 17.5 Å². The maximum absolute atomic E-state index is 12.6. The Labute approximate surface area is 151 Å². The van der Waals surface area contributed by atoms with Crippen LogP contribution < -0.4 is 9.47 Å². The molecular weight excluding hydrogens is 344 g/mol. The zero-order valence-corrected chi connectivity index (χ0v) is 14.6. The topological polar surface area (TPSA) is 60.9 Å². The fourth-order valence-corrected chi connectivity index (χ4v) is 2.84. The van der Waals surface area contributed by atoms with Crippen molar-refractivity contribution in [2.24, 2.45) is 0 Å². The number of hydrogen-bond donors (Lipinski definition) is 0. The highest BCUT2D eigenvalue weighted by Gasteiger charge is 2.27. The first kappa shape index (κ1) is 17.5. The number of hydrogen-bond acceptors (Lipinski definition) is 5. The first-order valence-corrected chi connectivity index (χ1v) is 8.34. The largest absolute Gasteiger partial charge is 0.493 e. The summed E-state index contributed by atoms with van der Waals surface area (Å²) in [6.45, 7) is 1.71. The third kappa shape index (κ3) is 4.21. The van der Waals surface area contributed by atoms with Gasteiger partial charge in [0.05, 0.1) is 25.8 Å². The van der Waals surface area contributed by atoms with Crippen LogP contribution in [0, 0.1) is 0 Å². The van der Waals surface area contributed by atoms with Crippen LogP contribution in [0.25, 0.3) is 0 Å². The van der Waals surface area contributed by atoms with Crippen LogP contribution in [0.4, 0.5) is 0 Å². The predicted molar refractivity (Wildman–Crippen MR) is 93.4 cm³/mol. The Hall–Kier alpha value is -2.31. The van der Waals surface area contributed by atoms with Crippen molar-refractivity contribution in [1.82, 2.24) is 9.88 Å². The molecule has 0 bridgehead atoms. The minimum Gasteiger partial charge on any atom is -0.493 e. The van der Waals surface area contributed by atoms with Gasteiger partial charge < -0.3 is 19.1 Å². The Kier molecular flexibility index (Phi) is 5.73. The second kappa shape index (κ2) is 8.18. The van der Waals surface area contributed by atoms with Crippen LogP contribution >= 0.6 is 11.6 Å². The van der Waals surface area contributed by atoms with Gasteiger partial charge in [-0.2, -0.15) is 0 Å². The van der Waals surface area contributed by atoms with Crippen molar-refractivity contribution in [1.29, 1.82) is 0 Å². The molecule has 0 radical (unpaired) electrons. The lowest BCUT2D eigenvalue weighted by molar-refractivity contribution is -0.0403. The first-order chi connectivity index (χ1) is 12.2. The van der Waals surface area contributed by atoms with Crippen LogP contribution in [-0.4, -0.2) is 55.3 Å². The molecule has 0 N–H and O–H groups in total. The smallest absolute Gasteiger partial charge is 0.257 e. The number of methoxy groups -OCH3 is 1. The van der Waals surface area contributed by atoms with Gasteiger partial charge in [-0.05, 0) is 24.3 Å². The third-order valence-electron chi connectivity index (χ3n) is 3.91. The maximum Gasteiger partial charge on any atom is 0.257 e. The molecule has 1 unspecified atom stereocenters. The quantitative estimate of drug-likeness (QED) is 0.765. The molecule has 0 saturated carbocycles. The van der Waals surface area contributed by atoms with E-state index in [4.69, 9.17) is 25.8 Å². The summed E-state index contributed by atoms with van der Waals surface area (Å²) < 4.78 is 16.8. The van der Waals surface area contributed by atoms with Crippen molar-refractivity contribution in [2.45, 2.75) is 6.10 Å². The fourth-order valence-electron chi connectivity index (χ4n) is 2.64. The van der Waals surface area contributed by atoms with E-state index in [1.54, 1.807) is 30.3 Å². The van der Waals surface area contributed by atoms with E-state index in [2.05, 4.69) is 4.98 Å². The van der Waals surface area contributed by atoms with Gasteiger partial charge in [-0.15, -0.1) is 0 Å². The standard InChI is InChI=1S/C18H19ClN2O4/c1-23-15-6-2-3-7-16(15)25-12-13-11-21(9-10-24-13)18(22)14-5-4-8-20-17(14)19/h2-8,13H,9-12H2,1H3. The highest BCUT2D eigenvalue weighted by atomic mass is 35.5. The summed E-state index contributed by atoms with van der Waals surface area (Å²) in [7, 11) is 1.59. The summed E-state index contributed by atoms with van der Waals surface area (Å²) in [5, 5.41) is 0.209. The summed E-state index contributed by atoms with van der Waals surface area (Å²) in [6, 6.07) is 10.8. The SMILES string of the molecule is COc1ccccc1OCC1CN(C(=O)c2cccnc2Cl)CCO1. The van der Waals surface area contributed by atoms with Gasteiger partial charge in [-0.3, -0.25) is 4.79 Å². The third-order valence-corrected chi connectivity index (χ3v) is 4.21. The molecule has 1 atom stereocenters. The number of nitrogens with zero attached hydrogens (tertiary/aromatic N) is 2. The molecule has 7 heteroatoms. The van der Waals surface area contributed by atoms with Gasteiger partial charge in [-0.1, -0.05) is 23.7 Å². The predicted octanol–water partition coefficient (Wildman–Crippen LogP) is 2.66. The molecule has 1 saturated heterocycles. The molecule has 132 valence electrons. The molecule has 2 heterocycles. The van der Waals surface area contributed by atoms with Crippen molar-refractivity contribution < 1.29 is 19.0 Å². The zero-order valence-electron chi connectivity index (χ0n) is 13.9. The number of carbonyl (C=O) groups excluding carboxylic acids is 1. The summed E-state index contributed by atoms with van der Waals surface area (Å²) >= 11 is 6.02. The van der Waals surface area contributed by atoms with Gasteiger partial charge in [0.15, 0.2) is 11.5 Å². The molecule has 1 aliphatic heterocycles. The molecule has 1 aromatic heterocycles. The molecule has 0 aliphatic carbocycles.